The summed E-state index contributed by atoms with van der Waals surface area (Å²) in [4.78, 5) is 21.1. The maximum absolute atomic E-state index is 12.4. The Balaban J connectivity index is 1.63. The van der Waals surface area contributed by atoms with Gasteiger partial charge in [-0.25, -0.2) is 9.97 Å². The molecule has 1 amide bonds. The Morgan fingerprint density at radius 1 is 0.969 bits per heavy atom. The van der Waals surface area contributed by atoms with Gasteiger partial charge in [-0.2, -0.15) is 5.26 Å². The zero-order chi connectivity index (χ0) is 22.5. The molecule has 4 rings (SSSR count). The van der Waals surface area contributed by atoms with E-state index < -0.39 is 0 Å². The van der Waals surface area contributed by atoms with Crippen LogP contribution in [0.25, 0.3) is 10.9 Å². The Hall–Kier alpha value is -4.64. The van der Waals surface area contributed by atoms with Crippen molar-refractivity contribution in [2.75, 3.05) is 24.9 Å². The molecular weight excluding hydrogens is 406 g/mol. The molecule has 0 saturated heterocycles. The number of nitriles is 1. The first-order valence-electron chi connectivity index (χ1n) is 9.67. The van der Waals surface area contributed by atoms with Crippen LogP contribution in [0.3, 0.4) is 0 Å². The fourth-order valence-corrected chi connectivity index (χ4v) is 3.23. The molecule has 1 heterocycles. The maximum Gasteiger partial charge on any atom is 0.255 e. The van der Waals surface area contributed by atoms with Gasteiger partial charge >= 0.3 is 0 Å². The molecule has 2 N–H and O–H groups in total. The van der Waals surface area contributed by atoms with Crippen LogP contribution < -0.4 is 20.1 Å². The number of amides is 1. The number of anilines is 3. The van der Waals surface area contributed by atoms with Crippen molar-refractivity contribution in [3.63, 3.8) is 0 Å². The third-order valence-electron chi connectivity index (χ3n) is 4.83. The van der Waals surface area contributed by atoms with E-state index in [0.717, 1.165) is 5.39 Å². The van der Waals surface area contributed by atoms with Gasteiger partial charge < -0.3 is 20.1 Å². The van der Waals surface area contributed by atoms with Crippen LogP contribution in [0.4, 0.5) is 17.2 Å². The van der Waals surface area contributed by atoms with Crippen molar-refractivity contribution in [2.45, 2.75) is 0 Å². The number of aromatic nitrogens is 2. The predicted octanol–water partition coefficient (Wildman–Crippen LogP) is 4.51. The number of fused-ring (bicyclic) bond motifs is 1. The molecule has 8 heteroatoms. The predicted molar refractivity (Wildman–Crippen MR) is 121 cm³/mol. The van der Waals surface area contributed by atoms with Crippen molar-refractivity contribution in [3.05, 3.63) is 78.1 Å². The van der Waals surface area contributed by atoms with E-state index in [1.54, 1.807) is 68.8 Å². The molecule has 0 spiro atoms. The van der Waals surface area contributed by atoms with Gasteiger partial charge in [-0.05, 0) is 36.4 Å². The summed E-state index contributed by atoms with van der Waals surface area (Å²) < 4.78 is 10.7. The number of rotatable bonds is 6. The van der Waals surface area contributed by atoms with Gasteiger partial charge in [0.1, 0.15) is 18.2 Å². The first-order chi connectivity index (χ1) is 15.6. The molecule has 1 aromatic heterocycles. The zero-order valence-corrected chi connectivity index (χ0v) is 17.4. The smallest absolute Gasteiger partial charge is 0.255 e. The summed E-state index contributed by atoms with van der Waals surface area (Å²) in [5, 5.41) is 16.3. The first kappa shape index (κ1) is 20.6. The van der Waals surface area contributed by atoms with Crippen molar-refractivity contribution in [2.24, 2.45) is 0 Å². The number of carbonyl (C=O) groups excluding carboxylic acids is 1. The standard InChI is InChI=1S/C24H19N5O3/c1-31-21-11-18-20(12-22(21)32-2)26-14-27-23(18)28-17-8-9-19(16(10-17)13-25)29-24(30)15-6-4-3-5-7-15/h3-12,14H,1-2H3,(H,29,30)(H,26,27,28). The van der Waals surface area contributed by atoms with Gasteiger partial charge in [-0.15, -0.1) is 0 Å². The Morgan fingerprint density at radius 2 is 1.72 bits per heavy atom. The summed E-state index contributed by atoms with van der Waals surface area (Å²) in [6, 6.07) is 19.6. The summed E-state index contributed by atoms with van der Waals surface area (Å²) >= 11 is 0. The molecule has 0 saturated carbocycles. The van der Waals surface area contributed by atoms with Gasteiger partial charge in [0.15, 0.2) is 11.5 Å². The molecule has 0 fully saturated rings. The summed E-state index contributed by atoms with van der Waals surface area (Å²) in [5.74, 6) is 1.37. The SMILES string of the molecule is COc1cc2ncnc(Nc3ccc(NC(=O)c4ccccc4)c(C#N)c3)c2cc1OC. The zero-order valence-electron chi connectivity index (χ0n) is 17.4. The second-order valence-corrected chi connectivity index (χ2v) is 6.76. The number of nitrogens with one attached hydrogen (secondary N) is 2. The molecule has 0 atom stereocenters. The number of carbonyl (C=O) groups is 1. The molecule has 8 nitrogen and oxygen atoms in total. The quantitative estimate of drug-likeness (QED) is 0.468. The Labute approximate surface area is 184 Å². The lowest BCUT2D eigenvalue weighted by atomic mass is 10.1. The van der Waals surface area contributed by atoms with Crippen LogP contribution in [0.2, 0.25) is 0 Å². The van der Waals surface area contributed by atoms with Crippen molar-refractivity contribution >= 4 is 34.0 Å². The molecule has 0 aliphatic rings. The first-order valence-corrected chi connectivity index (χ1v) is 9.67. The van der Waals surface area contributed by atoms with Crippen molar-refractivity contribution in [1.82, 2.24) is 9.97 Å². The highest BCUT2D eigenvalue weighted by Gasteiger charge is 2.13. The Bertz CT molecular complexity index is 1330. The fourth-order valence-electron chi connectivity index (χ4n) is 3.23. The molecule has 158 valence electrons. The van der Waals surface area contributed by atoms with E-state index in [1.165, 1.54) is 6.33 Å². The largest absolute Gasteiger partial charge is 0.493 e. The van der Waals surface area contributed by atoms with Gasteiger partial charge in [-0.3, -0.25) is 4.79 Å². The normalized spacial score (nSPS) is 10.3. The Kier molecular flexibility index (Phi) is 5.81. The molecule has 32 heavy (non-hydrogen) atoms. The second kappa shape index (κ2) is 9.02. The minimum absolute atomic E-state index is 0.286. The van der Waals surface area contributed by atoms with Crippen molar-refractivity contribution in [3.8, 4) is 17.6 Å². The number of hydrogen-bond donors (Lipinski definition) is 2. The van der Waals surface area contributed by atoms with E-state index in [1.807, 2.05) is 6.07 Å². The number of ether oxygens (including phenoxy) is 2. The van der Waals surface area contributed by atoms with Crippen LogP contribution in [0.15, 0.2) is 67.0 Å². The summed E-state index contributed by atoms with van der Waals surface area (Å²) in [7, 11) is 3.12. The van der Waals surface area contributed by atoms with E-state index in [9.17, 15) is 10.1 Å². The van der Waals surface area contributed by atoms with E-state index in [4.69, 9.17) is 9.47 Å². The van der Waals surface area contributed by atoms with Crippen LogP contribution in [-0.4, -0.2) is 30.1 Å². The van der Waals surface area contributed by atoms with Crippen LogP contribution in [0, 0.1) is 11.3 Å². The van der Waals surface area contributed by atoms with E-state index >= 15 is 0 Å². The third-order valence-corrected chi connectivity index (χ3v) is 4.83. The van der Waals surface area contributed by atoms with Gasteiger partial charge in [0.05, 0.1) is 31.0 Å². The average Bonchev–Trinajstić information content (AvgIpc) is 2.84. The van der Waals surface area contributed by atoms with E-state index in [0.29, 0.717) is 45.3 Å². The molecule has 0 bridgehead atoms. The molecular formula is C24H19N5O3. The molecule has 3 aromatic carbocycles. The maximum atomic E-state index is 12.4. The van der Waals surface area contributed by atoms with Gasteiger partial charge in [0, 0.05) is 22.7 Å². The lowest BCUT2D eigenvalue weighted by Crippen LogP contribution is -2.12. The van der Waals surface area contributed by atoms with Gasteiger partial charge in [-0.1, -0.05) is 18.2 Å². The number of nitrogens with zero attached hydrogens (tertiary/aromatic N) is 3. The highest BCUT2D eigenvalue weighted by atomic mass is 16.5. The third kappa shape index (κ3) is 4.13. The van der Waals surface area contributed by atoms with Crippen molar-refractivity contribution in [1.29, 1.82) is 5.26 Å². The molecule has 0 radical (unpaired) electrons. The lowest BCUT2D eigenvalue weighted by Gasteiger charge is -2.13. The Morgan fingerprint density at radius 3 is 2.44 bits per heavy atom. The van der Waals surface area contributed by atoms with Crippen LogP contribution in [0.5, 0.6) is 11.5 Å². The van der Waals surface area contributed by atoms with E-state index in [-0.39, 0.29) is 5.91 Å². The minimum Gasteiger partial charge on any atom is -0.493 e. The lowest BCUT2D eigenvalue weighted by molar-refractivity contribution is 0.102. The minimum atomic E-state index is -0.286. The monoisotopic (exact) mass is 425 g/mol. The molecule has 0 aliphatic heterocycles. The summed E-state index contributed by atoms with van der Waals surface area (Å²) in [5.41, 5.74) is 2.56. The summed E-state index contributed by atoms with van der Waals surface area (Å²) in [6.07, 6.45) is 1.44. The topological polar surface area (TPSA) is 109 Å². The highest BCUT2D eigenvalue weighted by Crippen LogP contribution is 2.34. The van der Waals surface area contributed by atoms with Crippen LogP contribution >= 0.6 is 0 Å². The molecule has 0 unspecified atom stereocenters. The van der Waals surface area contributed by atoms with Crippen LogP contribution in [-0.2, 0) is 0 Å². The highest BCUT2D eigenvalue weighted by molar-refractivity contribution is 6.05. The summed E-state index contributed by atoms with van der Waals surface area (Å²) in [6.45, 7) is 0. The number of methoxy groups -OCH3 is 2. The van der Waals surface area contributed by atoms with E-state index in [2.05, 4.69) is 26.7 Å². The molecule has 0 aliphatic carbocycles. The fraction of sp³-hybridized carbons (Fsp3) is 0.0833. The van der Waals surface area contributed by atoms with Gasteiger partial charge in [0.2, 0.25) is 0 Å². The average molecular weight is 425 g/mol. The van der Waals surface area contributed by atoms with Gasteiger partial charge in [0.25, 0.3) is 5.91 Å². The number of benzene rings is 3. The van der Waals surface area contributed by atoms with Crippen molar-refractivity contribution < 1.29 is 14.3 Å². The number of hydrogen-bond acceptors (Lipinski definition) is 7. The second-order valence-electron chi connectivity index (χ2n) is 6.76. The molecule has 4 aromatic rings. The van der Waals surface area contributed by atoms with Crippen LogP contribution in [0.1, 0.15) is 15.9 Å².